The molecule has 0 aromatic carbocycles. The van der Waals surface area contributed by atoms with Crippen LogP contribution in [0.2, 0.25) is 0 Å². The molecule has 1 aliphatic heterocycles. The fourth-order valence-electron chi connectivity index (χ4n) is 1.94. The van der Waals surface area contributed by atoms with E-state index in [1.807, 2.05) is 14.0 Å². The van der Waals surface area contributed by atoms with Crippen molar-refractivity contribution in [3.63, 3.8) is 0 Å². The van der Waals surface area contributed by atoms with Crippen LogP contribution in [0.5, 0.6) is 0 Å². The summed E-state index contributed by atoms with van der Waals surface area (Å²) in [6.45, 7) is 3.70. The van der Waals surface area contributed by atoms with Gasteiger partial charge in [-0.25, -0.2) is 0 Å². The van der Waals surface area contributed by atoms with Gasteiger partial charge in [-0.05, 0) is 26.3 Å². The van der Waals surface area contributed by atoms with Crippen LogP contribution in [-0.2, 0) is 4.84 Å². The van der Waals surface area contributed by atoms with E-state index in [9.17, 15) is 13.2 Å². The predicted octanol–water partition coefficient (Wildman–Crippen LogP) is 1.80. The molecule has 3 nitrogen and oxygen atoms in total. The highest BCUT2D eigenvalue weighted by Gasteiger charge is 2.31. The highest BCUT2D eigenvalue weighted by atomic mass is 19.4. The van der Waals surface area contributed by atoms with Crippen molar-refractivity contribution in [3.8, 4) is 0 Å². The van der Waals surface area contributed by atoms with E-state index in [-0.39, 0.29) is 12.0 Å². The molecule has 96 valence electrons. The van der Waals surface area contributed by atoms with E-state index >= 15 is 0 Å². The molecule has 1 saturated heterocycles. The Hall–Kier alpha value is -0.330. The second-order valence-electron chi connectivity index (χ2n) is 4.63. The zero-order valence-corrected chi connectivity index (χ0v) is 9.84. The zero-order chi connectivity index (χ0) is 12.3. The average molecular weight is 240 g/mol. The summed E-state index contributed by atoms with van der Waals surface area (Å²) in [6.07, 6.45) is -3.47. The van der Waals surface area contributed by atoms with Gasteiger partial charge in [-0.1, -0.05) is 6.92 Å². The van der Waals surface area contributed by atoms with Crippen molar-refractivity contribution in [2.75, 3.05) is 20.2 Å². The Morgan fingerprint density at radius 1 is 1.38 bits per heavy atom. The van der Waals surface area contributed by atoms with Crippen LogP contribution in [0.1, 0.15) is 20.3 Å². The minimum atomic E-state index is -4.27. The molecule has 1 heterocycles. The number of likely N-dealkylation sites (tertiary alicyclic amines) is 1. The first-order valence-electron chi connectivity index (χ1n) is 5.44. The molecular formula is C10H19F3N2O. The smallest absolute Gasteiger partial charge is 0.303 e. The lowest BCUT2D eigenvalue weighted by molar-refractivity contribution is -0.196. The third kappa shape index (κ3) is 4.27. The Morgan fingerprint density at radius 3 is 2.56 bits per heavy atom. The minimum absolute atomic E-state index is 0.00597. The zero-order valence-electron chi connectivity index (χ0n) is 9.84. The second kappa shape index (κ2) is 5.33. The van der Waals surface area contributed by atoms with Crippen LogP contribution in [0.25, 0.3) is 0 Å². The summed E-state index contributed by atoms with van der Waals surface area (Å²) < 4.78 is 35.6. The van der Waals surface area contributed by atoms with E-state index in [0.29, 0.717) is 6.04 Å². The highest BCUT2D eigenvalue weighted by molar-refractivity contribution is 4.84. The van der Waals surface area contributed by atoms with Gasteiger partial charge in [-0.15, -0.1) is 0 Å². The molecule has 0 aromatic rings. The Morgan fingerprint density at radius 2 is 2.00 bits per heavy atom. The van der Waals surface area contributed by atoms with Crippen molar-refractivity contribution in [1.82, 2.24) is 10.4 Å². The van der Waals surface area contributed by atoms with Crippen molar-refractivity contribution in [3.05, 3.63) is 0 Å². The van der Waals surface area contributed by atoms with Gasteiger partial charge in [0.25, 0.3) is 0 Å². The van der Waals surface area contributed by atoms with Gasteiger partial charge in [0, 0.05) is 18.6 Å². The summed E-state index contributed by atoms with van der Waals surface area (Å²) >= 11 is 0. The van der Waals surface area contributed by atoms with Crippen molar-refractivity contribution in [2.24, 2.45) is 5.92 Å². The summed E-state index contributed by atoms with van der Waals surface area (Å²) in [4.78, 5) is 6.70. The number of nitrogens with one attached hydrogen (secondary N) is 1. The molecule has 1 rings (SSSR count). The largest absolute Gasteiger partial charge is 0.413 e. The molecule has 0 aromatic heterocycles. The van der Waals surface area contributed by atoms with Crippen LogP contribution in [0.4, 0.5) is 13.2 Å². The fourth-order valence-corrected chi connectivity index (χ4v) is 1.94. The normalized spacial score (nSPS) is 33.0. The first-order valence-corrected chi connectivity index (χ1v) is 5.44. The number of halogens is 3. The van der Waals surface area contributed by atoms with Gasteiger partial charge in [0.05, 0.1) is 0 Å². The number of hydrogen-bond acceptors (Lipinski definition) is 3. The van der Waals surface area contributed by atoms with Crippen molar-refractivity contribution in [1.29, 1.82) is 0 Å². The first kappa shape index (κ1) is 13.7. The third-order valence-corrected chi connectivity index (χ3v) is 3.08. The quantitative estimate of drug-likeness (QED) is 0.761. The molecular weight excluding hydrogens is 221 g/mol. The number of hydrogen-bond donors (Lipinski definition) is 1. The highest BCUT2D eigenvalue weighted by Crippen LogP contribution is 2.21. The lowest BCUT2D eigenvalue weighted by Crippen LogP contribution is -2.51. The van der Waals surface area contributed by atoms with Crippen LogP contribution in [0.3, 0.4) is 0 Å². The minimum Gasteiger partial charge on any atom is -0.303 e. The lowest BCUT2D eigenvalue weighted by atomic mass is 9.90. The monoisotopic (exact) mass is 240 g/mol. The van der Waals surface area contributed by atoms with Crippen molar-refractivity contribution in [2.45, 2.75) is 38.5 Å². The summed E-state index contributed by atoms with van der Waals surface area (Å²) in [5.41, 5.74) is 2.53. The van der Waals surface area contributed by atoms with Gasteiger partial charge in [-0.3, -0.25) is 4.84 Å². The maximum Gasteiger partial charge on any atom is 0.413 e. The Labute approximate surface area is 93.9 Å². The standard InChI is InChI=1S/C10H19F3N2O/c1-7-5-15(3)8(2)4-9(7)14-16-6-10(11,12)13/h7-9,14H,4-6H2,1-3H3. The summed E-state index contributed by atoms with van der Waals surface area (Å²) in [6, 6.07) is 0.358. The molecule has 3 unspecified atom stereocenters. The Kier molecular flexibility index (Phi) is 4.58. The maximum absolute atomic E-state index is 11.9. The van der Waals surface area contributed by atoms with E-state index < -0.39 is 12.8 Å². The van der Waals surface area contributed by atoms with Crippen LogP contribution in [0.15, 0.2) is 0 Å². The number of rotatable bonds is 3. The summed E-state index contributed by atoms with van der Waals surface area (Å²) in [7, 11) is 2.02. The van der Waals surface area contributed by atoms with E-state index in [4.69, 9.17) is 0 Å². The molecule has 0 bridgehead atoms. The van der Waals surface area contributed by atoms with Crippen LogP contribution in [-0.4, -0.2) is 43.4 Å². The van der Waals surface area contributed by atoms with Gasteiger partial charge in [0.1, 0.15) is 0 Å². The van der Waals surface area contributed by atoms with Crippen molar-refractivity contribution < 1.29 is 18.0 Å². The summed E-state index contributed by atoms with van der Waals surface area (Å²) in [5.74, 6) is 0.287. The molecule has 1 aliphatic rings. The average Bonchev–Trinajstić information content (AvgIpc) is 2.11. The van der Waals surface area contributed by atoms with Gasteiger partial charge in [0.15, 0.2) is 6.61 Å². The topological polar surface area (TPSA) is 24.5 Å². The van der Waals surface area contributed by atoms with Crippen LogP contribution >= 0.6 is 0 Å². The molecule has 1 N–H and O–H groups in total. The number of nitrogens with zero attached hydrogens (tertiary/aromatic N) is 1. The Balaban J connectivity index is 2.31. The molecule has 3 atom stereocenters. The summed E-state index contributed by atoms with van der Waals surface area (Å²) in [5, 5.41) is 0. The fraction of sp³-hybridized carbons (Fsp3) is 1.00. The number of hydroxylamine groups is 1. The molecule has 0 amide bonds. The molecule has 0 saturated carbocycles. The number of piperidine rings is 1. The van der Waals surface area contributed by atoms with Gasteiger partial charge >= 0.3 is 6.18 Å². The Bertz CT molecular complexity index is 223. The SMILES string of the molecule is CC1CN(C)C(C)CC1NOCC(F)(F)F. The lowest BCUT2D eigenvalue weighted by Gasteiger charge is -2.39. The molecule has 0 radical (unpaired) electrons. The van der Waals surface area contributed by atoms with Gasteiger partial charge in [-0.2, -0.15) is 18.7 Å². The maximum atomic E-state index is 11.9. The van der Waals surface area contributed by atoms with Gasteiger partial charge in [0.2, 0.25) is 0 Å². The van der Waals surface area contributed by atoms with E-state index in [1.54, 1.807) is 0 Å². The molecule has 16 heavy (non-hydrogen) atoms. The predicted molar refractivity (Wildman–Crippen MR) is 54.8 cm³/mol. The third-order valence-electron chi connectivity index (χ3n) is 3.08. The second-order valence-corrected chi connectivity index (χ2v) is 4.63. The van der Waals surface area contributed by atoms with Crippen LogP contribution in [0, 0.1) is 5.92 Å². The van der Waals surface area contributed by atoms with E-state index in [1.165, 1.54) is 0 Å². The molecule has 0 aliphatic carbocycles. The molecule has 1 fully saturated rings. The van der Waals surface area contributed by atoms with E-state index in [0.717, 1.165) is 13.0 Å². The van der Waals surface area contributed by atoms with E-state index in [2.05, 4.69) is 22.1 Å². The molecule has 6 heteroatoms. The number of alkyl halides is 3. The van der Waals surface area contributed by atoms with Gasteiger partial charge < -0.3 is 4.90 Å². The van der Waals surface area contributed by atoms with Crippen LogP contribution < -0.4 is 5.48 Å². The van der Waals surface area contributed by atoms with Crippen molar-refractivity contribution >= 4 is 0 Å². The molecule has 0 spiro atoms. The first-order chi connectivity index (χ1) is 7.29.